The number of anilines is 1. The molecule has 0 saturated heterocycles. The topological polar surface area (TPSA) is 47.0 Å². The number of ether oxygens (including phenoxy) is 1. The Morgan fingerprint density at radius 1 is 1.35 bits per heavy atom. The molecule has 0 bridgehead atoms. The van der Waals surface area contributed by atoms with Crippen molar-refractivity contribution in [1.29, 1.82) is 0 Å². The maximum atomic E-state index is 13.3. The number of nitrogens with one attached hydrogen (secondary N) is 1. The van der Waals surface area contributed by atoms with Crippen LogP contribution in [-0.4, -0.2) is 16.5 Å². The molecule has 6 heteroatoms. The minimum atomic E-state index is -0.347. The molecule has 0 fully saturated rings. The summed E-state index contributed by atoms with van der Waals surface area (Å²) in [6, 6.07) is 4.39. The Balaban J connectivity index is 2.27. The molecule has 20 heavy (non-hydrogen) atoms. The average molecular weight is 340 g/mol. The van der Waals surface area contributed by atoms with E-state index in [-0.39, 0.29) is 5.82 Å². The fourth-order valence-corrected chi connectivity index (χ4v) is 2.01. The zero-order chi connectivity index (χ0) is 14.5. The maximum absolute atomic E-state index is 13.3. The lowest BCUT2D eigenvalue weighted by Crippen LogP contribution is -2.04. The standard InChI is InChI=1S/C14H15BrFN3O/c1-3-6-17-13-12(15)14(19-8-18-13)20-11-7-10(16)5-4-9(11)2/h4-5,7-8H,3,6H2,1-2H3,(H,17,18,19). The highest BCUT2D eigenvalue weighted by atomic mass is 79.9. The van der Waals surface area contributed by atoms with Crippen LogP contribution in [-0.2, 0) is 0 Å². The summed E-state index contributed by atoms with van der Waals surface area (Å²) in [6.07, 6.45) is 2.39. The molecule has 2 aromatic rings. The SMILES string of the molecule is CCCNc1ncnc(Oc2cc(F)ccc2C)c1Br. The monoisotopic (exact) mass is 339 g/mol. The Bertz CT molecular complexity index is 607. The Morgan fingerprint density at radius 2 is 2.15 bits per heavy atom. The lowest BCUT2D eigenvalue weighted by molar-refractivity contribution is 0.450. The highest BCUT2D eigenvalue weighted by Crippen LogP contribution is 2.33. The number of benzene rings is 1. The first kappa shape index (κ1) is 14.7. The van der Waals surface area contributed by atoms with Crippen molar-refractivity contribution in [3.05, 3.63) is 40.4 Å². The largest absolute Gasteiger partial charge is 0.437 e. The molecule has 0 amide bonds. The highest BCUT2D eigenvalue weighted by Gasteiger charge is 2.12. The lowest BCUT2D eigenvalue weighted by atomic mass is 10.2. The van der Waals surface area contributed by atoms with Gasteiger partial charge in [-0.25, -0.2) is 14.4 Å². The van der Waals surface area contributed by atoms with Crippen LogP contribution in [0.5, 0.6) is 11.6 Å². The normalized spacial score (nSPS) is 10.4. The predicted octanol–water partition coefficient (Wildman–Crippen LogP) is 4.30. The third-order valence-corrected chi connectivity index (χ3v) is 3.37. The van der Waals surface area contributed by atoms with Gasteiger partial charge in [-0.15, -0.1) is 0 Å². The van der Waals surface area contributed by atoms with Gasteiger partial charge >= 0.3 is 0 Å². The molecule has 0 unspecified atom stereocenters. The molecule has 0 atom stereocenters. The van der Waals surface area contributed by atoms with E-state index in [4.69, 9.17) is 4.74 Å². The van der Waals surface area contributed by atoms with Crippen molar-refractivity contribution in [3.63, 3.8) is 0 Å². The Morgan fingerprint density at radius 3 is 2.90 bits per heavy atom. The summed E-state index contributed by atoms with van der Waals surface area (Å²) in [5, 5.41) is 3.16. The van der Waals surface area contributed by atoms with Crippen LogP contribution in [0.15, 0.2) is 29.0 Å². The summed E-state index contributed by atoms with van der Waals surface area (Å²) >= 11 is 3.41. The van der Waals surface area contributed by atoms with Crippen LogP contribution >= 0.6 is 15.9 Å². The van der Waals surface area contributed by atoms with Crippen LogP contribution in [0.4, 0.5) is 10.2 Å². The molecule has 1 heterocycles. The summed E-state index contributed by atoms with van der Waals surface area (Å²) in [5.41, 5.74) is 0.833. The van der Waals surface area contributed by atoms with Crippen molar-refractivity contribution in [3.8, 4) is 11.6 Å². The Kier molecular flexibility index (Phi) is 4.89. The van der Waals surface area contributed by atoms with Gasteiger partial charge in [-0.1, -0.05) is 13.0 Å². The zero-order valence-electron chi connectivity index (χ0n) is 11.3. The van der Waals surface area contributed by atoms with E-state index in [1.165, 1.54) is 18.5 Å². The van der Waals surface area contributed by atoms with Gasteiger partial charge in [0, 0.05) is 12.6 Å². The molecule has 0 spiro atoms. The van der Waals surface area contributed by atoms with E-state index in [1.54, 1.807) is 6.07 Å². The first-order valence-electron chi connectivity index (χ1n) is 6.30. The molecular formula is C14H15BrFN3O. The molecule has 106 valence electrons. The van der Waals surface area contributed by atoms with Gasteiger partial charge in [0.05, 0.1) is 0 Å². The van der Waals surface area contributed by atoms with Crippen LogP contribution in [0, 0.1) is 12.7 Å². The average Bonchev–Trinajstić information content (AvgIpc) is 2.44. The van der Waals surface area contributed by atoms with Crippen LogP contribution in [0.1, 0.15) is 18.9 Å². The predicted molar refractivity (Wildman–Crippen MR) is 79.7 cm³/mol. The smallest absolute Gasteiger partial charge is 0.238 e. The number of aryl methyl sites for hydroxylation is 1. The minimum absolute atomic E-state index is 0.347. The highest BCUT2D eigenvalue weighted by molar-refractivity contribution is 9.10. The number of aromatic nitrogens is 2. The van der Waals surface area contributed by atoms with Gasteiger partial charge in [-0.3, -0.25) is 0 Å². The van der Waals surface area contributed by atoms with Gasteiger partial charge in [0.15, 0.2) is 0 Å². The molecule has 2 rings (SSSR count). The summed E-state index contributed by atoms with van der Waals surface area (Å²) in [5.74, 6) is 1.10. The van der Waals surface area contributed by atoms with Crippen LogP contribution in [0.25, 0.3) is 0 Å². The van der Waals surface area contributed by atoms with E-state index in [0.29, 0.717) is 21.9 Å². The number of halogens is 2. The lowest BCUT2D eigenvalue weighted by Gasteiger charge is -2.11. The van der Waals surface area contributed by atoms with E-state index < -0.39 is 0 Å². The molecule has 1 aromatic carbocycles. The van der Waals surface area contributed by atoms with Crippen LogP contribution in [0.2, 0.25) is 0 Å². The summed E-state index contributed by atoms with van der Waals surface area (Å²) in [4.78, 5) is 8.21. The summed E-state index contributed by atoms with van der Waals surface area (Å²) < 4.78 is 19.5. The van der Waals surface area contributed by atoms with E-state index in [1.807, 2.05) is 6.92 Å². The quantitative estimate of drug-likeness (QED) is 0.882. The zero-order valence-corrected chi connectivity index (χ0v) is 12.9. The number of rotatable bonds is 5. The fourth-order valence-electron chi connectivity index (χ4n) is 1.58. The van der Waals surface area contributed by atoms with E-state index in [9.17, 15) is 4.39 Å². The molecule has 1 aromatic heterocycles. The van der Waals surface area contributed by atoms with Crippen molar-refractivity contribution in [1.82, 2.24) is 9.97 Å². The molecule has 1 N–H and O–H groups in total. The summed E-state index contributed by atoms with van der Waals surface area (Å²) in [6.45, 7) is 4.71. The van der Waals surface area contributed by atoms with Gasteiger partial charge in [-0.2, -0.15) is 0 Å². The molecule has 0 saturated carbocycles. The molecule has 0 aliphatic rings. The first-order chi connectivity index (χ1) is 9.61. The van der Waals surface area contributed by atoms with Crippen molar-refractivity contribution >= 4 is 21.7 Å². The van der Waals surface area contributed by atoms with E-state index in [2.05, 4.69) is 38.1 Å². The van der Waals surface area contributed by atoms with Gasteiger partial charge < -0.3 is 10.1 Å². The fraction of sp³-hybridized carbons (Fsp3) is 0.286. The molecule has 4 nitrogen and oxygen atoms in total. The first-order valence-corrected chi connectivity index (χ1v) is 7.09. The number of nitrogens with zero attached hydrogens (tertiary/aromatic N) is 2. The third-order valence-electron chi connectivity index (χ3n) is 2.66. The Hall–Kier alpha value is -1.69. The van der Waals surface area contributed by atoms with Crippen molar-refractivity contribution < 1.29 is 9.13 Å². The maximum Gasteiger partial charge on any atom is 0.238 e. The molecular weight excluding hydrogens is 325 g/mol. The van der Waals surface area contributed by atoms with Crippen molar-refractivity contribution in [2.45, 2.75) is 20.3 Å². The van der Waals surface area contributed by atoms with Crippen molar-refractivity contribution in [2.75, 3.05) is 11.9 Å². The number of hydrogen-bond donors (Lipinski definition) is 1. The second kappa shape index (κ2) is 6.65. The second-order valence-electron chi connectivity index (χ2n) is 4.28. The van der Waals surface area contributed by atoms with Gasteiger partial charge in [0.25, 0.3) is 0 Å². The second-order valence-corrected chi connectivity index (χ2v) is 5.07. The van der Waals surface area contributed by atoms with Gasteiger partial charge in [-0.05, 0) is 40.9 Å². The van der Waals surface area contributed by atoms with Gasteiger partial charge in [0.2, 0.25) is 5.88 Å². The van der Waals surface area contributed by atoms with Gasteiger partial charge in [0.1, 0.15) is 28.2 Å². The summed E-state index contributed by atoms with van der Waals surface area (Å²) in [7, 11) is 0. The Labute approximate surface area is 125 Å². The molecule has 0 radical (unpaired) electrons. The van der Waals surface area contributed by atoms with Crippen LogP contribution < -0.4 is 10.1 Å². The van der Waals surface area contributed by atoms with Crippen LogP contribution in [0.3, 0.4) is 0 Å². The van der Waals surface area contributed by atoms with E-state index >= 15 is 0 Å². The third kappa shape index (κ3) is 3.45. The molecule has 0 aliphatic heterocycles. The minimum Gasteiger partial charge on any atom is -0.437 e. The van der Waals surface area contributed by atoms with E-state index in [0.717, 1.165) is 18.5 Å². The molecule has 0 aliphatic carbocycles. The number of hydrogen-bond acceptors (Lipinski definition) is 4. The van der Waals surface area contributed by atoms with Crippen molar-refractivity contribution in [2.24, 2.45) is 0 Å².